The second-order valence-corrected chi connectivity index (χ2v) is 7.92. The van der Waals surface area contributed by atoms with Crippen molar-refractivity contribution in [3.05, 3.63) is 34.9 Å². The van der Waals surface area contributed by atoms with E-state index in [2.05, 4.69) is 0 Å². The van der Waals surface area contributed by atoms with Crippen molar-refractivity contribution in [1.29, 1.82) is 0 Å². The average Bonchev–Trinajstić information content (AvgIpc) is 2.55. The SMILES string of the molecule is CC1CN(C(=O)c2ccccc2Cl)C(C)CN1C(=O)CCC1CCC1. The van der Waals surface area contributed by atoms with Crippen molar-refractivity contribution in [3.8, 4) is 0 Å². The van der Waals surface area contributed by atoms with Gasteiger partial charge in [-0.05, 0) is 38.3 Å². The molecule has 0 aromatic heterocycles. The number of carbonyl (C=O) groups excluding carboxylic acids is 2. The molecule has 5 heteroatoms. The first-order chi connectivity index (χ1) is 12.0. The van der Waals surface area contributed by atoms with Crippen molar-refractivity contribution in [2.24, 2.45) is 5.92 Å². The first kappa shape index (κ1) is 18.2. The van der Waals surface area contributed by atoms with Crippen LogP contribution in [-0.2, 0) is 4.79 Å². The van der Waals surface area contributed by atoms with Gasteiger partial charge in [0.1, 0.15) is 0 Å². The molecule has 25 heavy (non-hydrogen) atoms. The van der Waals surface area contributed by atoms with Gasteiger partial charge in [-0.25, -0.2) is 0 Å². The molecule has 1 aromatic carbocycles. The summed E-state index contributed by atoms with van der Waals surface area (Å²) in [7, 11) is 0. The van der Waals surface area contributed by atoms with E-state index in [0.717, 1.165) is 12.3 Å². The topological polar surface area (TPSA) is 40.6 Å². The Hall–Kier alpha value is -1.55. The monoisotopic (exact) mass is 362 g/mol. The molecule has 1 saturated carbocycles. The standard InChI is InChI=1S/C20H27ClN2O2/c1-14-13-23(20(25)17-8-3-4-9-18(17)21)15(2)12-22(14)19(24)11-10-16-6-5-7-16/h3-4,8-9,14-16H,5-7,10-13H2,1-2H3. The fraction of sp³-hybridized carbons (Fsp3) is 0.600. The zero-order chi connectivity index (χ0) is 18.0. The maximum atomic E-state index is 12.9. The molecular weight excluding hydrogens is 336 g/mol. The Labute approximate surface area is 155 Å². The van der Waals surface area contributed by atoms with Crippen LogP contribution in [0.1, 0.15) is 56.3 Å². The maximum absolute atomic E-state index is 12.9. The highest BCUT2D eigenvalue weighted by molar-refractivity contribution is 6.33. The summed E-state index contributed by atoms with van der Waals surface area (Å²) in [5, 5.41) is 0.478. The largest absolute Gasteiger partial charge is 0.336 e. The first-order valence-corrected chi connectivity index (χ1v) is 9.70. The van der Waals surface area contributed by atoms with E-state index in [9.17, 15) is 9.59 Å². The van der Waals surface area contributed by atoms with E-state index >= 15 is 0 Å². The minimum Gasteiger partial charge on any atom is -0.336 e. The van der Waals surface area contributed by atoms with Gasteiger partial charge in [0.15, 0.2) is 0 Å². The molecule has 1 saturated heterocycles. The number of nitrogens with zero attached hydrogens (tertiary/aromatic N) is 2. The highest BCUT2D eigenvalue weighted by Gasteiger charge is 2.35. The van der Waals surface area contributed by atoms with Crippen LogP contribution in [0.25, 0.3) is 0 Å². The van der Waals surface area contributed by atoms with Crippen LogP contribution in [0.2, 0.25) is 5.02 Å². The van der Waals surface area contributed by atoms with Gasteiger partial charge in [-0.1, -0.05) is 43.0 Å². The van der Waals surface area contributed by atoms with Crippen molar-refractivity contribution < 1.29 is 9.59 Å². The van der Waals surface area contributed by atoms with Gasteiger partial charge in [-0.3, -0.25) is 9.59 Å². The Morgan fingerprint density at radius 1 is 1.08 bits per heavy atom. The fourth-order valence-corrected chi connectivity index (χ4v) is 4.02. The Kier molecular flexibility index (Phi) is 5.67. The minimum atomic E-state index is -0.0495. The molecule has 0 N–H and O–H groups in total. The van der Waals surface area contributed by atoms with Crippen LogP contribution in [0.15, 0.2) is 24.3 Å². The minimum absolute atomic E-state index is 0.00683. The lowest BCUT2D eigenvalue weighted by atomic mass is 9.82. The Balaban J connectivity index is 1.62. The number of carbonyl (C=O) groups is 2. The average molecular weight is 363 g/mol. The highest BCUT2D eigenvalue weighted by Crippen LogP contribution is 2.31. The Morgan fingerprint density at radius 2 is 1.72 bits per heavy atom. The zero-order valence-corrected chi connectivity index (χ0v) is 15.8. The molecule has 0 bridgehead atoms. The number of amides is 2. The van der Waals surface area contributed by atoms with E-state index in [0.29, 0.717) is 30.1 Å². The molecule has 136 valence electrons. The van der Waals surface area contributed by atoms with Crippen LogP contribution >= 0.6 is 11.6 Å². The van der Waals surface area contributed by atoms with Crippen molar-refractivity contribution in [3.63, 3.8) is 0 Å². The van der Waals surface area contributed by atoms with Crippen molar-refractivity contribution >= 4 is 23.4 Å². The number of hydrogen-bond acceptors (Lipinski definition) is 2. The fourth-order valence-electron chi connectivity index (χ4n) is 3.80. The lowest BCUT2D eigenvalue weighted by molar-refractivity contribution is -0.137. The number of piperazine rings is 1. The lowest BCUT2D eigenvalue weighted by Crippen LogP contribution is -2.59. The number of benzene rings is 1. The quantitative estimate of drug-likeness (QED) is 0.812. The summed E-state index contributed by atoms with van der Waals surface area (Å²) in [6.45, 7) is 5.19. The smallest absolute Gasteiger partial charge is 0.255 e. The molecule has 0 spiro atoms. The molecule has 1 aromatic rings. The third-order valence-electron chi connectivity index (χ3n) is 5.66. The molecule has 4 nitrogen and oxygen atoms in total. The molecule has 2 atom stereocenters. The Bertz CT molecular complexity index is 644. The van der Waals surface area contributed by atoms with Gasteiger partial charge >= 0.3 is 0 Å². The summed E-state index contributed by atoms with van der Waals surface area (Å²) in [5.41, 5.74) is 0.535. The van der Waals surface area contributed by atoms with Gasteiger partial charge in [-0.15, -0.1) is 0 Å². The summed E-state index contributed by atoms with van der Waals surface area (Å²) in [5.74, 6) is 0.933. The summed E-state index contributed by atoms with van der Waals surface area (Å²) in [6, 6.07) is 7.18. The van der Waals surface area contributed by atoms with Gasteiger partial charge in [0.2, 0.25) is 5.91 Å². The first-order valence-electron chi connectivity index (χ1n) is 9.32. The molecule has 0 radical (unpaired) electrons. The molecule has 2 amide bonds. The Morgan fingerprint density at radius 3 is 2.36 bits per heavy atom. The normalized spacial score (nSPS) is 24.1. The summed E-state index contributed by atoms with van der Waals surface area (Å²) < 4.78 is 0. The van der Waals surface area contributed by atoms with Crippen LogP contribution in [-0.4, -0.2) is 46.8 Å². The second-order valence-electron chi connectivity index (χ2n) is 7.52. The molecule has 2 unspecified atom stereocenters. The molecule has 1 heterocycles. The van der Waals surface area contributed by atoms with Gasteiger partial charge in [0.25, 0.3) is 5.91 Å². The van der Waals surface area contributed by atoms with E-state index in [1.807, 2.05) is 35.8 Å². The number of rotatable bonds is 4. The predicted molar refractivity (Wildman–Crippen MR) is 99.7 cm³/mol. The molecule has 3 rings (SSSR count). The van der Waals surface area contributed by atoms with Gasteiger partial charge < -0.3 is 9.80 Å². The third kappa shape index (κ3) is 4.00. The van der Waals surface area contributed by atoms with Crippen molar-refractivity contribution in [2.75, 3.05) is 13.1 Å². The van der Waals surface area contributed by atoms with Crippen LogP contribution in [0.4, 0.5) is 0 Å². The van der Waals surface area contributed by atoms with Gasteiger partial charge in [-0.2, -0.15) is 0 Å². The molecule has 1 aliphatic heterocycles. The summed E-state index contributed by atoms with van der Waals surface area (Å²) >= 11 is 6.18. The number of hydrogen-bond donors (Lipinski definition) is 0. The molecular formula is C20H27ClN2O2. The molecule has 1 aliphatic carbocycles. The summed E-state index contributed by atoms with van der Waals surface area (Å²) in [6.07, 6.45) is 5.52. The maximum Gasteiger partial charge on any atom is 0.255 e. The van der Waals surface area contributed by atoms with Crippen molar-refractivity contribution in [2.45, 2.75) is 58.0 Å². The lowest BCUT2D eigenvalue weighted by Gasteiger charge is -2.44. The zero-order valence-electron chi connectivity index (χ0n) is 15.1. The van der Waals surface area contributed by atoms with Gasteiger partial charge in [0.05, 0.1) is 10.6 Å². The van der Waals surface area contributed by atoms with Gasteiger partial charge in [0, 0.05) is 31.6 Å². The third-order valence-corrected chi connectivity index (χ3v) is 5.99. The van der Waals surface area contributed by atoms with Crippen LogP contribution in [0.3, 0.4) is 0 Å². The molecule has 2 aliphatic rings. The van der Waals surface area contributed by atoms with Crippen LogP contribution in [0, 0.1) is 5.92 Å². The second kappa shape index (κ2) is 7.77. The van der Waals surface area contributed by atoms with Crippen LogP contribution in [0.5, 0.6) is 0 Å². The van der Waals surface area contributed by atoms with E-state index in [4.69, 9.17) is 11.6 Å². The summed E-state index contributed by atoms with van der Waals surface area (Å²) in [4.78, 5) is 29.3. The predicted octanol–water partition coefficient (Wildman–Crippen LogP) is 3.98. The van der Waals surface area contributed by atoms with Crippen molar-refractivity contribution in [1.82, 2.24) is 9.80 Å². The highest BCUT2D eigenvalue weighted by atomic mass is 35.5. The van der Waals surface area contributed by atoms with E-state index in [1.165, 1.54) is 19.3 Å². The van der Waals surface area contributed by atoms with E-state index in [1.54, 1.807) is 12.1 Å². The molecule has 2 fully saturated rings. The van der Waals surface area contributed by atoms with E-state index in [-0.39, 0.29) is 23.9 Å². The van der Waals surface area contributed by atoms with E-state index < -0.39 is 0 Å². The van der Waals surface area contributed by atoms with Crippen LogP contribution < -0.4 is 0 Å². The number of halogens is 1.